The van der Waals surface area contributed by atoms with Crippen LogP contribution in [0.2, 0.25) is 0 Å². The highest BCUT2D eigenvalue weighted by atomic mass is 79.9. The normalized spacial score (nSPS) is 20.3. The molecule has 0 unspecified atom stereocenters. The monoisotopic (exact) mass is 492 g/mol. The van der Waals surface area contributed by atoms with E-state index >= 15 is 0 Å². The maximum Gasteiger partial charge on any atom is 0.231 e. The number of fused-ring (bicyclic) bond motifs is 4. The highest BCUT2D eigenvalue weighted by Gasteiger charge is 2.41. The summed E-state index contributed by atoms with van der Waals surface area (Å²) in [7, 11) is 0. The SMILES string of the molecule is CCOc1ccc([C@@H]2Oc3ccc(Br)cc3[C@@H]3CC(c4ccc5c(c4)OCO5)=NN32)cc1. The van der Waals surface area contributed by atoms with Crippen molar-refractivity contribution in [1.82, 2.24) is 5.01 Å². The summed E-state index contributed by atoms with van der Waals surface area (Å²) in [4.78, 5) is 0. The van der Waals surface area contributed by atoms with Gasteiger partial charge in [-0.25, -0.2) is 5.01 Å². The lowest BCUT2D eigenvalue weighted by atomic mass is 9.96. The zero-order valence-corrected chi connectivity index (χ0v) is 19.0. The molecule has 7 heteroatoms. The van der Waals surface area contributed by atoms with Crippen LogP contribution in [-0.2, 0) is 0 Å². The van der Waals surface area contributed by atoms with E-state index in [1.54, 1.807) is 0 Å². The number of halogens is 1. The molecular formula is C25H21BrN2O4. The van der Waals surface area contributed by atoms with Gasteiger partial charge in [0.25, 0.3) is 0 Å². The van der Waals surface area contributed by atoms with Crippen molar-refractivity contribution < 1.29 is 18.9 Å². The first-order valence-corrected chi connectivity index (χ1v) is 11.4. The topological polar surface area (TPSA) is 52.5 Å². The molecule has 2 atom stereocenters. The minimum absolute atomic E-state index is 0.0771. The molecule has 0 aliphatic carbocycles. The van der Waals surface area contributed by atoms with Gasteiger partial charge in [0.05, 0.1) is 18.4 Å². The molecule has 3 aliphatic rings. The van der Waals surface area contributed by atoms with Crippen molar-refractivity contribution in [2.45, 2.75) is 25.6 Å². The average Bonchev–Trinajstić information content (AvgIpc) is 3.46. The van der Waals surface area contributed by atoms with Gasteiger partial charge in [0, 0.05) is 27.6 Å². The van der Waals surface area contributed by atoms with Gasteiger partial charge in [0.15, 0.2) is 11.5 Å². The van der Waals surface area contributed by atoms with Gasteiger partial charge in [-0.3, -0.25) is 0 Å². The van der Waals surface area contributed by atoms with Crippen LogP contribution in [0.3, 0.4) is 0 Å². The molecule has 0 spiro atoms. The third kappa shape index (κ3) is 3.28. The van der Waals surface area contributed by atoms with Crippen molar-refractivity contribution in [1.29, 1.82) is 0 Å². The molecule has 0 saturated carbocycles. The van der Waals surface area contributed by atoms with Crippen LogP contribution in [0.15, 0.2) is 70.2 Å². The number of hydrogen-bond acceptors (Lipinski definition) is 6. The maximum atomic E-state index is 6.46. The summed E-state index contributed by atoms with van der Waals surface area (Å²) in [5.74, 6) is 3.27. The summed E-state index contributed by atoms with van der Waals surface area (Å²) in [6.45, 7) is 2.88. The fourth-order valence-electron chi connectivity index (χ4n) is 4.42. The van der Waals surface area contributed by atoms with Gasteiger partial charge < -0.3 is 18.9 Å². The zero-order valence-electron chi connectivity index (χ0n) is 17.5. The lowest BCUT2D eigenvalue weighted by Crippen LogP contribution is -2.33. The van der Waals surface area contributed by atoms with E-state index < -0.39 is 0 Å². The molecule has 0 N–H and O–H groups in total. The van der Waals surface area contributed by atoms with E-state index in [-0.39, 0.29) is 19.1 Å². The number of ether oxygens (including phenoxy) is 4. The molecule has 0 fully saturated rings. The van der Waals surface area contributed by atoms with E-state index in [0.29, 0.717) is 6.61 Å². The molecule has 0 radical (unpaired) electrons. The lowest BCUT2D eigenvalue weighted by Gasteiger charge is -2.38. The van der Waals surface area contributed by atoms with Crippen molar-refractivity contribution >= 4 is 21.6 Å². The summed E-state index contributed by atoms with van der Waals surface area (Å²) in [5.41, 5.74) is 4.19. The quantitative estimate of drug-likeness (QED) is 0.459. The van der Waals surface area contributed by atoms with Crippen molar-refractivity contribution in [2.24, 2.45) is 5.10 Å². The summed E-state index contributed by atoms with van der Waals surface area (Å²) >= 11 is 3.61. The van der Waals surface area contributed by atoms with E-state index in [0.717, 1.165) is 56.3 Å². The molecule has 3 aromatic carbocycles. The number of hydrogen-bond donors (Lipinski definition) is 0. The predicted molar refractivity (Wildman–Crippen MR) is 123 cm³/mol. The van der Waals surface area contributed by atoms with Crippen LogP contribution in [0.1, 0.15) is 42.3 Å². The standard InChI is InChI=1S/C25H21BrN2O4/c1-2-29-18-7-3-15(4-8-18)25-28-21(19-12-17(26)6-10-22(19)32-25)13-20(27-28)16-5-9-23-24(11-16)31-14-30-23/h3-12,21,25H,2,13-14H2,1H3/t21-,25-/m0/s1. The number of benzene rings is 3. The average molecular weight is 493 g/mol. The van der Waals surface area contributed by atoms with Gasteiger partial charge >= 0.3 is 0 Å². The first-order chi connectivity index (χ1) is 15.7. The van der Waals surface area contributed by atoms with Crippen LogP contribution in [0.5, 0.6) is 23.0 Å². The fraction of sp³-hybridized carbons (Fsp3) is 0.240. The van der Waals surface area contributed by atoms with Gasteiger partial charge in [0.1, 0.15) is 11.5 Å². The fourth-order valence-corrected chi connectivity index (χ4v) is 4.80. The lowest BCUT2D eigenvalue weighted by molar-refractivity contribution is -0.0191. The second kappa shape index (κ2) is 7.74. The van der Waals surface area contributed by atoms with Crippen molar-refractivity contribution in [2.75, 3.05) is 13.4 Å². The van der Waals surface area contributed by atoms with Crippen molar-refractivity contribution in [3.8, 4) is 23.0 Å². The third-order valence-corrected chi connectivity index (χ3v) is 6.43. The molecule has 0 saturated heterocycles. The Balaban J connectivity index is 1.40. The van der Waals surface area contributed by atoms with Crippen LogP contribution >= 0.6 is 15.9 Å². The molecule has 32 heavy (non-hydrogen) atoms. The van der Waals surface area contributed by atoms with E-state index in [1.165, 1.54) is 0 Å². The minimum atomic E-state index is -0.323. The largest absolute Gasteiger partial charge is 0.494 e. The number of hydrazone groups is 1. The summed E-state index contributed by atoms with van der Waals surface area (Å²) in [6, 6.07) is 20.3. The first-order valence-electron chi connectivity index (χ1n) is 10.6. The molecule has 0 aromatic heterocycles. The highest BCUT2D eigenvalue weighted by Crippen LogP contribution is 2.48. The number of nitrogens with zero attached hydrogens (tertiary/aromatic N) is 2. The highest BCUT2D eigenvalue weighted by molar-refractivity contribution is 9.10. The maximum absolute atomic E-state index is 6.46. The Labute approximate surface area is 194 Å². The Bertz CT molecular complexity index is 1210. The first kappa shape index (κ1) is 19.5. The summed E-state index contributed by atoms with van der Waals surface area (Å²) in [6.07, 6.45) is 0.454. The molecule has 162 valence electrons. The predicted octanol–water partition coefficient (Wildman–Crippen LogP) is 5.82. The zero-order chi connectivity index (χ0) is 21.7. The Morgan fingerprint density at radius 1 is 1.00 bits per heavy atom. The number of rotatable bonds is 4. The van der Waals surface area contributed by atoms with E-state index in [9.17, 15) is 0 Å². The molecule has 3 aromatic rings. The van der Waals surface area contributed by atoms with Crippen LogP contribution in [0.25, 0.3) is 0 Å². The Morgan fingerprint density at radius 2 is 1.81 bits per heavy atom. The van der Waals surface area contributed by atoms with Gasteiger partial charge in [-0.1, -0.05) is 15.9 Å². The van der Waals surface area contributed by atoms with Crippen LogP contribution < -0.4 is 18.9 Å². The van der Waals surface area contributed by atoms with Gasteiger partial charge in [0.2, 0.25) is 13.0 Å². The molecule has 6 rings (SSSR count). The van der Waals surface area contributed by atoms with Gasteiger partial charge in [-0.15, -0.1) is 0 Å². The summed E-state index contributed by atoms with van der Waals surface area (Å²) in [5, 5.41) is 7.11. The molecule has 6 nitrogen and oxygen atoms in total. The Hall–Kier alpha value is -3.19. The van der Waals surface area contributed by atoms with Crippen LogP contribution in [-0.4, -0.2) is 24.1 Å². The second-order valence-electron chi connectivity index (χ2n) is 7.87. The minimum Gasteiger partial charge on any atom is -0.494 e. The van der Waals surface area contributed by atoms with Crippen molar-refractivity contribution in [3.63, 3.8) is 0 Å². The molecule has 3 heterocycles. The molecule has 0 amide bonds. The third-order valence-electron chi connectivity index (χ3n) is 5.93. The molecule has 0 bridgehead atoms. The van der Waals surface area contributed by atoms with E-state index in [2.05, 4.69) is 27.0 Å². The van der Waals surface area contributed by atoms with Crippen LogP contribution in [0, 0.1) is 0 Å². The van der Waals surface area contributed by atoms with E-state index in [1.807, 2.05) is 61.5 Å². The Morgan fingerprint density at radius 3 is 2.66 bits per heavy atom. The molecular weight excluding hydrogens is 472 g/mol. The van der Waals surface area contributed by atoms with E-state index in [4.69, 9.17) is 24.0 Å². The van der Waals surface area contributed by atoms with Gasteiger partial charge in [-0.05, 0) is 67.6 Å². The smallest absolute Gasteiger partial charge is 0.231 e. The van der Waals surface area contributed by atoms with Crippen LogP contribution in [0.4, 0.5) is 0 Å². The summed E-state index contributed by atoms with van der Waals surface area (Å²) < 4.78 is 24.1. The molecule has 3 aliphatic heterocycles. The van der Waals surface area contributed by atoms with Crippen molar-refractivity contribution in [3.05, 3.63) is 81.8 Å². The Kier molecular flexibility index (Phi) is 4.72. The second-order valence-corrected chi connectivity index (χ2v) is 8.78. The van der Waals surface area contributed by atoms with Gasteiger partial charge in [-0.2, -0.15) is 5.10 Å².